The Labute approximate surface area is 124 Å². The lowest BCUT2D eigenvalue weighted by molar-refractivity contribution is 0.960. The molecule has 4 heteroatoms. The quantitative estimate of drug-likeness (QED) is 0.828. The topological polar surface area (TPSA) is 65.1 Å². The first-order valence-corrected chi connectivity index (χ1v) is 6.93. The number of nitriles is 1. The lowest BCUT2D eigenvalue weighted by Crippen LogP contribution is -2.23. The van der Waals surface area contributed by atoms with Gasteiger partial charge in [-0.05, 0) is 37.5 Å². The van der Waals surface area contributed by atoms with Gasteiger partial charge in [0.05, 0.1) is 0 Å². The van der Waals surface area contributed by atoms with Gasteiger partial charge in [0.1, 0.15) is 17.5 Å². The fourth-order valence-electron chi connectivity index (χ4n) is 3.17. The number of hydrogen-bond donors (Lipinski definition) is 2. The van der Waals surface area contributed by atoms with Gasteiger partial charge in [0.15, 0.2) is 0 Å². The number of nitrogens with two attached hydrogens (primary N) is 1. The second-order valence-electron chi connectivity index (χ2n) is 5.63. The van der Waals surface area contributed by atoms with Gasteiger partial charge in [0.2, 0.25) is 0 Å². The van der Waals surface area contributed by atoms with Crippen molar-refractivity contribution in [3.05, 3.63) is 63.8 Å². The summed E-state index contributed by atoms with van der Waals surface area (Å²) >= 11 is 0. The maximum Gasteiger partial charge on any atom is 0.119 e. The van der Waals surface area contributed by atoms with Crippen LogP contribution in [0.15, 0.2) is 47.1 Å². The van der Waals surface area contributed by atoms with Gasteiger partial charge in [-0.2, -0.15) is 5.26 Å². The summed E-state index contributed by atoms with van der Waals surface area (Å²) in [5, 5.41) is 12.3. The second-order valence-corrected chi connectivity index (χ2v) is 5.63. The first-order chi connectivity index (χ1) is 10.0. The number of nitrogens with zero attached hydrogens (tertiary/aromatic N) is 2. The second kappa shape index (κ2) is 4.71. The van der Waals surface area contributed by atoms with Crippen LogP contribution in [0.4, 0.5) is 5.69 Å². The summed E-state index contributed by atoms with van der Waals surface area (Å²) < 4.78 is 0. The summed E-state index contributed by atoms with van der Waals surface area (Å²) in [6.07, 6.45) is 3.92. The normalized spacial score (nSPS) is 17.0. The van der Waals surface area contributed by atoms with E-state index in [0.29, 0.717) is 11.4 Å². The van der Waals surface area contributed by atoms with Crippen LogP contribution in [-0.4, -0.2) is 6.54 Å². The third kappa shape index (κ3) is 2.07. The van der Waals surface area contributed by atoms with Gasteiger partial charge < -0.3 is 16.0 Å². The summed E-state index contributed by atoms with van der Waals surface area (Å²) in [5.74, 6) is 0.423. The SMILES string of the molecule is Cc1cc(C)c(N2C=C3C(=CNC(N)=C3C#N)C2)c(C)c1. The van der Waals surface area contributed by atoms with Crippen molar-refractivity contribution in [3.8, 4) is 6.07 Å². The third-order valence-electron chi connectivity index (χ3n) is 3.95. The number of nitrogens with one attached hydrogen (secondary N) is 1. The average Bonchev–Trinajstić information content (AvgIpc) is 2.81. The largest absolute Gasteiger partial charge is 0.384 e. The molecule has 2 heterocycles. The Balaban J connectivity index is 2.08. The van der Waals surface area contributed by atoms with Crippen molar-refractivity contribution in [2.24, 2.45) is 5.73 Å². The van der Waals surface area contributed by atoms with Crippen LogP contribution >= 0.6 is 0 Å². The molecule has 0 atom stereocenters. The molecule has 0 radical (unpaired) electrons. The van der Waals surface area contributed by atoms with Crippen LogP contribution in [0.25, 0.3) is 0 Å². The van der Waals surface area contributed by atoms with Crippen LogP contribution in [0.2, 0.25) is 0 Å². The summed E-state index contributed by atoms with van der Waals surface area (Å²) in [4.78, 5) is 2.20. The van der Waals surface area contributed by atoms with Gasteiger partial charge in [-0.25, -0.2) is 0 Å². The zero-order valence-electron chi connectivity index (χ0n) is 12.5. The van der Waals surface area contributed by atoms with Crippen molar-refractivity contribution in [2.45, 2.75) is 20.8 Å². The highest BCUT2D eigenvalue weighted by Gasteiger charge is 2.27. The lowest BCUT2D eigenvalue weighted by atomic mass is 10.0. The Morgan fingerprint density at radius 2 is 1.90 bits per heavy atom. The molecule has 0 saturated carbocycles. The van der Waals surface area contributed by atoms with E-state index in [9.17, 15) is 5.26 Å². The maximum atomic E-state index is 9.30. The molecule has 0 saturated heterocycles. The van der Waals surface area contributed by atoms with Crippen molar-refractivity contribution >= 4 is 5.69 Å². The van der Waals surface area contributed by atoms with E-state index in [0.717, 1.165) is 17.7 Å². The van der Waals surface area contributed by atoms with Crippen molar-refractivity contribution in [1.29, 1.82) is 5.26 Å². The minimum absolute atomic E-state index is 0.423. The predicted molar refractivity (Wildman–Crippen MR) is 84.1 cm³/mol. The van der Waals surface area contributed by atoms with E-state index in [1.165, 1.54) is 22.4 Å². The highest BCUT2D eigenvalue weighted by atomic mass is 15.1. The van der Waals surface area contributed by atoms with E-state index >= 15 is 0 Å². The molecule has 0 amide bonds. The number of anilines is 1. The summed E-state index contributed by atoms with van der Waals surface area (Å²) in [5.41, 5.74) is 13.4. The highest BCUT2D eigenvalue weighted by Crippen LogP contribution is 2.36. The average molecular weight is 278 g/mol. The predicted octanol–water partition coefficient (Wildman–Crippen LogP) is 2.50. The summed E-state index contributed by atoms with van der Waals surface area (Å²) in [6, 6.07) is 6.56. The molecule has 0 aromatic heterocycles. The monoisotopic (exact) mass is 278 g/mol. The standard InChI is InChI=1S/C17H18N4/c1-10-4-11(2)16(12(3)5-10)21-8-13-7-20-17(19)14(6-18)15(13)9-21/h4-5,7,9,20H,8,19H2,1-3H3. The van der Waals surface area contributed by atoms with Crippen molar-refractivity contribution in [3.63, 3.8) is 0 Å². The van der Waals surface area contributed by atoms with Crippen LogP contribution in [-0.2, 0) is 0 Å². The van der Waals surface area contributed by atoms with Crippen LogP contribution in [0.5, 0.6) is 0 Å². The number of dihydropyridines is 1. The fourth-order valence-corrected chi connectivity index (χ4v) is 3.17. The molecule has 3 N–H and O–H groups in total. The van der Waals surface area contributed by atoms with Gasteiger partial charge in [-0.15, -0.1) is 0 Å². The minimum atomic E-state index is 0.423. The fraction of sp³-hybridized carbons (Fsp3) is 0.235. The van der Waals surface area contributed by atoms with Crippen LogP contribution < -0.4 is 16.0 Å². The molecule has 0 spiro atoms. The summed E-state index contributed by atoms with van der Waals surface area (Å²) in [7, 11) is 0. The number of hydrogen-bond acceptors (Lipinski definition) is 4. The van der Waals surface area contributed by atoms with Crippen LogP contribution in [0, 0.1) is 32.1 Å². The minimum Gasteiger partial charge on any atom is -0.384 e. The molecule has 2 aliphatic rings. The number of rotatable bonds is 1. The third-order valence-corrected chi connectivity index (χ3v) is 3.95. The van der Waals surface area contributed by atoms with Gasteiger partial charge in [0, 0.05) is 30.2 Å². The van der Waals surface area contributed by atoms with E-state index in [1.54, 1.807) is 0 Å². The molecule has 0 bridgehead atoms. The number of aryl methyl sites for hydroxylation is 3. The van der Waals surface area contributed by atoms with Crippen LogP contribution in [0.3, 0.4) is 0 Å². The Hall–Kier alpha value is -2.67. The molecule has 1 aromatic rings. The molecule has 0 unspecified atom stereocenters. The molecule has 1 aromatic carbocycles. The van der Waals surface area contributed by atoms with E-state index in [-0.39, 0.29) is 0 Å². The first kappa shape index (κ1) is 13.3. The Morgan fingerprint density at radius 3 is 2.52 bits per heavy atom. The highest BCUT2D eigenvalue weighted by molar-refractivity contribution is 5.71. The van der Waals surface area contributed by atoms with Crippen molar-refractivity contribution in [2.75, 3.05) is 11.4 Å². The van der Waals surface area contributed by atoms with E-state index in [2.05, 4.69) is 49.2 Å². The zero-order valence-corrected chi connectivity index (χ0v) is 12.5. The number of benzene rings is 1. The molecule has 4 nitrogen and oxygen atoms in total. The molecule has 21 heavy (non-hydrogen) atoms. The van der Waals surface area contributed by atoms with E-state index in [1.807, 2.05) is 12.4 Å². The van der Waals surface area contributed by atoms with Crippen molar-refractivity contribution < 1.29 is 0 Å². The van der Waals surface area contributed by atoms with Crippen LogP contribution in [0.1, 0.15) is 16.7 Å². The molecule has 0 fully saturated rings. The number of fused-ring (bicyclic) bond motifs is 1. The molecule has 0 aliphatic carbocycles. The molecule has 3 rings (SSSR count). The summed E-state index contributed by atoms with van der Waals surface area (Å²) in [6.45, 7) is 7.11. The van der Waals surface area contributed by atoms with Gasteiger partial charge in [0.25, 0.3) is 0 Å². The first-order valence-electron chi connectivity index (χ1n) is 6.93. The molecule has 106 valence electrons. The Morgan fingerprint density at radius 1 is 1.24 bits per heavy atom. The smallest absolute Gasteiger partial charge is 0.119 e. The van der Waals surface area contributed by atoms with E-state index < -0.39 is 0 Å². The zero-order chi connectivity index (χ0) is 15.1. The van der Waals surface area contributed by atoms with E-state index in [4.69, 9.17) is 5.73 Å². The Bertz CT molecular complexity index is 736. The molecular formula is C17H18N4. The number of allylic oxidation sites excluding steroid dienone is 1. The lowest BCUT2D eigenvalue weighted by Gasteiger charge is -2.21. The van der Waals surface area contributed by atoms with Gasteiger partial charge >= 0.3 is 0 Å². The maximum absolute atomic E-state index is 9.30. The van der Waals surface area contributed by atoms with Gasteiger partial charge in [-0.3, -0.25) is 0 Å². The molecule has 2 aliphatic heterocycles. The molecular weight excluding hydrogens is 260 g/mol. The van der Waals surface area contributed by atoms with Crippen molar-refractivity contribution in [1.82, 2.24) is 5.32 Å². The Kier molecular flexibility index (Phi) is 2.99. The van der Waals surface area contributed by atoms with Gasteiger partial charge in [-0.1, -0.05) is 17.7 Å².